The highest BCUT2D eigenvalue weighted by atomic mass is 16.7. The van der Waals surface area contributed by atoms with Crippen LogP contribution >= 0.6 is 0 Å². The standard InChI is InChI=1S/C18H25NO4/c1-2-6-16-14-22-18(23-16)9-11-19(12-10-18)17(20)21-13-15-7-4-3-5-8-15/h3-5,7-8,16H,2,6,9-14H2,1H3. The fraction of sp³-hybridized carbons (Fsp3) is 0.611. The number of hydrogen-bond acceptors (Lipinski definition) is 4. The molecule has 1 amide bonds. The fourth-order valence-corrected chi connectivity index (χ4v) is 3.18. The highest BCUT2D eigenvalue weighted by molar-refractivity contribution is 5.67. The Labute approximate surface area is 137 Å². The average Bonchev–Trinajstić information content (AvgIpc) is 2.97. The number of piperidine rings is 1. The summed E-state index contributed by atoms with van der Waals surface area (Å²) in [6.07, 6.45) is 3.51. The van der Waals surface area contributed by atoms with E-state index in [9.17, 15) is 4.79 Å². The van der Waals surface area contributed by atoms with Crippen LogP contribution in [0.4, 0.5) is 4.79 Å². The molecule has 126 valence electrons. The predicted molar refractivity (Wildman–Crippen MR) is 85.9 cm³/mol. The molecule has 0 N–H and O–H groups in total. The van der Waals surface area contributed by atoms with Crippen LogP contribution in [-0.2, 0) is 20.8 Å². The fourth-order valence-electron chi connectivity index (χ4n) is 3.18. The summed E-state index contributed by atoms with van der Waals surface area (Å²) >= 11 is 0. The third-order valence-corrected chi connectivity index (χ3v) is 4.51. The normalized spacial score (nSPS) is 23.2. The molecule has 3 rings (SSSR count). The largest absolute Gasteiger partial charge is 0.445 e. The van der Waals surface area contributed by atoms with E-state index < -0.39 is 5.79 Å². The van der Waals surface area contributed by atoms with Crippen molar-refractivity contribution in [1.82, 2.24) is 4.90 Å². The van der Waals surface area contributed by atoms with Gasteiger partial charge in [-0.1, -0.05) is 43.7 Å². The molecule has 1 unspecified atom stereocenters. The van der Waals surface area contributed by atoms with Crippen molar-refractivity contribution in [3.05, 3.63) is 35.9 Å². The van der Waals surface area contributed by atoms with E-state index in [1.807, 2.05) is 30.3 Å². The summed E-state index contributed by atoms with van der Waals surface area (Å²) in [5, 5.41) is 0. The summed E-state index contributed by atoms with van der Waals surface area (Å²) in [6, 6.07) is 9.73. The lowest BCUT2D eigenvalue weighted by Crippen LogP contribution is -2.47. The Balaban J connectivity index is 1.44. The number of rotatable bonds is 4. The van der Waals surface area contributed by atoms with Crippen LogP contribution in [-0.4, -0.2) is 42.6 Å². The van der Waals surface area contributed by atoms with Gasteiger partial charge < -0.3 is 19.1 Å². The molecule has 2 fully saturated rings. The van der Waals surface area contributed by atoms with Gasteiger partial charge in [-0.3, -0.25) is 0 Å². The number of hydrogen-bond donors (Lipinski definition) is 0. The number of likely N-dealkylation sites (tertiary alicyclic amines) is 1. The van der Waals surface area contributed by atoms with Crippen LogP contribution < -0.4 is 0 Å². The summed E-state index contributed by atoms with van der Waals surface area (Å²) in [4.78, 5) is 13.9. The smallest absolute Gasteiger partial charge is 0.410 e. The number of amides is 1. The molecule has 2 heterocycles. The van der Waals surface area contributed by atoms with E-state index in [1.165, 1.54) is 0 Å². The summed E-state index contributed by atoms with van der Waals surface area (Å²) in [5.74, 6) is -0.476. The van der Waals surface area contributed by atoms with Crippen molar-refractivity contribution < 1.29 is 19.0 Å². The molecule has 1 aromatic rings. The molecule has 1 spiro atoms. The Bertz CT molecular complexity index is 511. The lowest BCUT2D eigenvalue weighted by molar-refractivity contribution is -0.193. The van der Waals surface area contributed by atoms with Crippen LogP contribution in [0.2, 0.25) is 0 Å². The Hall–Kier alpha value is -1.59. The summed E-state index contributed by atoms with van der Waals surface area (Å²) in [7, 11) is 0. The molecular weight excluding hydrogens is 294 g/mol. The number of carbonyl (C=O) groups is 1. The molecule has 0 bridgehead atoms. The van der Waals surface area contributed by atoms with Crippen molar-refractivity contribution in [2.45, 2.75) is 51.1 Å². The van der Waals surface area contributed by atoms with Crippen LogP contribution in [0.15, 0.2) is 30.3 Å². The maximum absolute atomic E-state index is 12.2. The first kappa shape index (κ1) is 16.3. The van der Waals surface area contributed by atoms with Gasteiger partial charge in [0.15, 0.2) is 5.79 Å². The Kier molecular flexibility index (Phi) is 5.18. The van der Waals surface area contributed by atoms with Gasteiger partial charge in [0.25, 0.3) is 0 Å². The van der Waals surface area contributed by atoms with Crippen molar-refractivity contribution in [2.24, 2.45) is 0 Å². The Morgan fingerprint density at radius 3 is 2.74 bits per heavy atom. The quantitative estimate of drug-likeness (QED) is 0.854. The topological polar surface area (TPSA) is 48.0 Å². The lowest BCUT2D eigenvalue weighted by atomic mass is 10.0. The molecule has 0 aromatic heterocycles. The zero-order valence-corrected chi connectivity index (χ0v) is 13.7. The molecule has 0 radical (unpaired) electrons. The van der Waals surface area contributed by atoms with Gasteiger partial charge in [-0.25, -0.2) is 4.79 Å². The minimum Gasteiger partial charge on any atom is -0.445 e. The van der Waals surface area contributed by atoms with E-state index >= 15 is 0 Å². The van der Waals surface area contributed by atoms with Gasteiger partial charge >= 0.3 is 6.09 Å². The van der Waals surface area contributed by atoms with Gasteiger partial charge in [-0.15, -0.1) is 0 Å². The molecule has 23 heavy (non-hydrogen) atoms. The number of carbonyl (C=O) groups excluding carboxylic acids is 1. The van der Waals surface area contributed by atoms with Crippen molar-refractivity contribution in [3.8, 4) is 0 Å². The van der Waals surface area contributed by atoms with E-state index in [-0.39, 0.29) is 12.2 Å². The number of ether oxygens (including phenoxy) is 3. The van der Waals surface area contributed by atoms with Crippen LogP contribution in [0.1, 0.15) is 38.2 Å². The first-order chi connectivity index (χ1) is 11.2. The van der Waals surface area contributed by atoms with Crippen LogP contribution in [0.3, 0.4) is 0 Å². The van der Waals surface area contributed by atoms with Gasteiger partial charge in [0.1, 0.15) is 6.61 Å². The third-order valence-electron chi connectivity index (χ3n) is 4.51. The van der Waals surface area contributed by atoms with Crippen molar-refractivity contribution >= 4 is 6.09 Å². The Morgan fingerprint density at radius 1 is 1.30 bits per heavy atom. The SMILES string of the molecule is CCCC1COC2(CCN(C(=O)OCc3ccccc3)CC2)O1. The maximum Gasteiger partial charge on any atom is 0.410 e. The first-order valence-corrected chi connectivity index (χ1v) is 8.48. The second kappa shape index (κ2) is 7.32. The van der Waals surface area contributed by atoms with Crippen molar-refractivity contribution in [1.29, 1.82) is 0 Å². The summed E-state index contributed by atoms with van der Waals surface area (Å²) in [6.45, 7) is 4.37. The molecule has 2 saturated heterocycles. The molecule has 0 saturated carbocycles. The molecule has 5 heteroatoms. The van der Waals surface area contributed by atoms with Crippen LogP contribution in [0, 0.1) is 0 Å². The molecule has 2 aliphatic rings. The monoisotopic (exact) mass is 319 g/mol. The van der Waals surface area contributed by atoms with Gasteiger partial charge in [0.2, 0.25) is 0 Å². The predicted octanol–water partition coefficient (Wildman–Crippen LogP) is 3.33. The highest BCUT2D eigenvalue weighted by Gasteiger charge is 2.44. The van der Waals surface area contributed by atoms with E-state index in [0.29, 0.717) is 39.1 Å². The second-order valence-electron chi connectivity index (χ2n) is 6.28. The van der Waals surface area contributed by atoms with Gasteiger partial charge in [-0.2, -0.15) is 0 Å². The summed E-state index contributed by atoms with van der Waals surface area (Å²) in [5.41, 5.74) is 0.999. The van der Waals surface area contributed by atoms with Gasteiger partial charge in [0, 0.05) is 25.9 Å². The highest BCUT2D eigenvalue weighted by Crippen LogP contribution is 2.35. The molecule has 5 nitrogen and oxygen atoms in total. The van der Waals surface area contributed by atoms with E-state index in [2.05, 4.69) is 6.92 Å². The second-order valence-corrected chi connectivity index (χ2v) is 6.28. The number of benzene rings is 1. The van der Waals surface area contributed by atoms with Crippen LogP contribution in [0.5, 0.6) is 0 Å². The third kappa shape index (κ3) is 4.03. The minimum atomic E-state index is -0.476. The van der Waals surface area contributed by atoms with Crippen molar-refractivity contribution in [3.63, 3.8) is 0 Å². The molecule has 1 atom stereocenters. The zero-order valence-electron chi connectivity index (χ0n) is 13.7. The first-order valence-electron chi connectivity index (χ1n) is 8.48. The van der Waals surface area contributed by atoms with E-state index in [0.717, 1.165) is 18.4 Å². The lowest BCUT2D eigenvalue weighted by Gasteiger charge is -2.37. The van der Waals surface area contributed by atoms with Crippen LogP contribution in [0.25, 0.3) is 0 Å². The van der Waals surface area contributed by atoms with E-state index in [1.54, 1.807) is 4.90 Å². The maximum atomic E-state index is 12.2. The van der Waals surface area contributed by atoms with E-state index in [4.69, 9.17) is 14.2 Å². The van der Waals surface area contributed by atoms with Gasteiger partial charge in [-0.05, 0) is 12.0 Å². The Morgan fingerprint density at radius 2 is 2.04 bits per heavy atom. The van der Waals surface area contributed by atoms with Gasteiger partial charge in [0.05, 0.1) is 12.7 Å². The number of nitrogens with zero attached hydrogens (tertiary/aromatic N) is 1. The molecule has 0 aliphatic carbocycles. The molecule has 2 aliphatic heterocycles. The summed E-state index contributed by atoms with van der Waals surface area (Å²) < 4.78 is 17.4. The molecule has 1 aromatic carbocycles. The van der Waals surface area contributed by atoms with Crippen molar-refractivity contribution in [2.75, 3.05) is 19.7 Å². The average molecular weight is 319 g/mol. The molecular formula is C18H25NO4. The minimum absolute atomic E-state index is 0.205. The zero-order chi connectivity index (χ0) is 16.1.